The normalized spacial score (nSPS) is 15.1. The highest BCUT2D eigenvalue weighted by atomic mass is 35.5. The minimum atomic E-state index is -0.0247. The molecule has 0 atom stereocenters. The summed E-state index contributed by atoms with van der Waals surface area (Å²) in [6.07, 6.45) is 0. The molecule has 1 saturated heterocycles. The first kappa shape index (κ1) is 13.2. The van der Waals surface area contributed by atoms with E-state index in [4.69, 9.17) is 16.3 Å². The molecule has 1 aromatic carbocycles. The van der Waals surface area contributed by atoms with Crippen molar-refractivity contribution < 1.29 is 9.53 Å². The third kappa shape index (κ3) is 2.44. The van der Waals surface area contributed by atoms with Gasteiger partial charge in [0.15, 0.2) is 0 Å². The fourth-order valence-corrected chi connectivity index (χ4v) is 2.24. The maximum atomic E-state index is 12.5. The van der Waals surface area contributed by atoms with Crippen LogP contribution in [0.25, 0.3) is 0 Å². The Balaban J connectivity index is 2.28. The number of likely N-dealkylation sites (N-methyl/N-ethyl adjacent to an activating group) is 1. The summed E-state index contributed by atoms with van der Waals surface area (Å²) in [5, 5.41) is 3.71. The zero-order valence-electron chi connectivity index (χ0n) is 10.6. The van der Waals surface area contributed by atoms with Crippen LogP contribution in [0.3, 0.4) is 0 Å². The lowest BCUT2D eigenvalue weighted by atomic mass is 10.1. The monoisotopic (exact) mass is 268 g/mol. The van der Waals surface area contributed by atoms with E-state index in [-0.39, 0.29) is 11.9 Å². The first-order valence-electron chi connectivity index (χ1n) is 6.02. The van der Waals surface area contributed by atoms with Crippen molar-refractivity contribution in [1.29, 1.82) is 0 Å². The van der Waals surface area contributed by atoms with Crippen molar-refractivity contribution in [3.63, 3.8) is 0 Å². The zero-order chi connectivity index (χ0) is 13.1. The van der Waals surface area contributed by atoms with E-state index >= 15 is 0 Å². The Morgan fingerprint density at radius 3 is 2.78 bits per heavy atom. The van der Waals surface area contributed by atoms with Gasteiger partial charge in [0.1, 0.15) is 5.75 Å². The van der Waals surface area contributed by atoms with Crippen LogP contribution in [-0.4, -0.2) is 43.6 Å². The summed E-state index contributed by atoms with van der Waals surface area (Å²) in [4.78, 5) is 14.4. The Bertz CT molecular complexity index is 447. The van der Waals surface area contributed by atoms with Gasteiger partial charge in [-0.1, -0.05) is 11.6 Å². The molecule has 0 aliphatic carbocycles. The van der Waals surface area contributed by atoms with Gasteiger partial charge >= 0.3 is 0 Å². The van der Waals surface area contributed by atoms with Crippen LogP contribution in [0.5, 0.6) is 5.75 Å². The van der Waals surface area contributed by atoms with Crippen LogP contribution in [-0.2, 0) is 0 Å². The summed E-state index contributed by atoms with van der Waals surface area (Å²) in [7, 11) is 1.56. The van der Waals surface area contributed by atoms with E-state index in [1.165, 1.54) is 0 Å². The Morgan fingerprint density at radius 2 is 2.28 bits per heavy atom. The van der Waals surface area contributed by atoms with E-state index in [2.05, 4.69) is 5.32 Å². The van der Waals surface area contributed by atoms with Crippen LogP contribution in [0, 0.1) is 0 Å². The molecule has 1 fully saturated rings. The first-order chi connectivity index (χ1) is 8.67. The van der Waals surface area contributed by atoms with E-state index in [1.54, 1.807) is 25.3 Å². The third-order valence-electron chi connectivity index (χ3n) is 3.19. The van der Waals surface area contributed by atoms with E-state index < -0.39 is 0 Å². The molecule has 1 aliphatic heterocycles. The number of halogens is 1. The van der Waals surface area contributed by atoms with Gasteiger partial charge in [0.2, 0.25) is 0 Å². The number of hydrogen-bond donors (Lipinski definition) is 1. The SMILES string of the molecule is CCN(C(=O)c1cc(Cl)ccc1OC)C1CNC1. The molecule has 0 spiro atoms. The summed E-state index contributed by atoms with van der Waals surface area (Å²) in [6.45, 7) is 4.36. The summed E-state index contributed by atoms with van der Waals surface area (Å²) in [5.74, 6) is 0.540. The van der Waals surface area contributed by atoms with Gasteiger partial charge in [-0.2, -0.15) is 0 Å². The van der Waals surface area contributed by atoms with Gasteiger partial charge in [-0.05, 0) is 25.1 Å². The van der Waals surface area contributed by atoms with Gasteiger partial charge in [-0.3, -0.25) is 4.79 Å². The van der Waals surface area contributed by atoms with Gasteiger partial charge in [0, 0.05) is 24.7 Å². The maximum Gasteiger partial charge on any atom is 0.258 e. The van der Waals surface area contributed by atoms with Crippen LogP contribution < -0.4 is 10.1 Å². The molecule has 5 heteroatoms. The molecule has 18 heavy (non-hydrogen) atoms. The second-order valence-corrected chi connectivity index (χ2v) is 4.68. The largest absolute Gasteiger partial charge is 0.496 e. The number of carbonyl (C=O) groups excluding carboxylic acids is 1. The molecule has 0 saturated carbocycles. The molecule has 1 N–H and O–H groups in total. The fraction of sp³-hybridized carbons (Fsp3) is 0.462. The summed E-state index contributed by atoms with van der Waals surface area (Å²) in [6, 6.07) is 5.38. The van der Waals surface area contributed by atoms with Gasteiger partial charge in [0.25, 0.3) is 5.91 Å². The van der Waals surface area contributed by atoms with Gasteiger partial charge in [-0.15, -0.1) is 0 Å². The van der Waals surface area contributed by atoms with Gasteiger partial charge in [-0.25, -0.2) is 0 Å². The summed E-state index contributed by atoms with van der Waals surface area (Å²) in [5.41, 5.74) is 0.527. The molecule has 2 rings (SSSR count). The zero-order valence-corrected chi connectivity index (χ0v) is 11.3. The molecule has 98 valence electrons. The summed E-state index contributed by atoms with van der Waals surface area (Å²) < 4.78 is 5.23. The molecule has 4 nitrogen and oxygen atoms in total. The van der Waals surface area contributed by atoms with E-state index in [0.717, 1.165) is 13.1 Å². The minimum absolute atomic E-state index is 0.0247. The Labute approximate surface area is 112 Å². The minimum Gasteiger partial charge on any atom is -0.496 e. The maximum absolute atomic E-state index is 12.5. The Kier molecular flexibility index (Phi) is 4.09. The highest BCUT2D eigenvalue weighted by Crippen LogP contribution is 2.25. The molecule has 0 bridgehead atoms. The van der Waals surface area contributed by atoms with E-state index in [0.29, 0.717) is 22.9 Å². The van der Waals surface area contributed by atoms with E-state index in [9.17, 15) is 4.79 Å². The van der Waals surface area contributed by atoms with Crippen LogP contribution in [0.2, 0.25) is 5.02 Å². The van der Waals surface area contributed by atoms with Crippen molar-refractivity contribution >= 4 is 17.5 Å². The van der Waals surface area contributed by atoms with Crippen molar-refractivity contribution in [3.8, 4) is 5.75 Å². The lowest BCUT2D eigenvalue weighted by Gasteiger charge is -2.37. The average molecular weight is 269 g/mol. The van der Waals surface area contributed by atoms with Crippen LogP contribution in [0.1, 0.15) is 17.3 Å². The van der Waals surface area contributed by atoms with Crippen molar-refractivity contribution in [3.05, 3.63) is 28.8 Å². The number of nitrogens with one attached hydrogen (secondary N) is 1. The molecule has 0 radical (unpaired) electrons. The van der Waals surface area contributed by atoms with Gasteiger partial charge < -0.3 is 15.0 Å². The number of carbonyl (C=O) groups is 1. The molecular weight excluding hydrogens is 252 g/mol. The average Bonchev–Trinajstić information content (AvgIpc) is 2.32. The molecule has 1 aliphatic rings. The summed E-state index contributed by atoms with van der Waals surface area (Å²) >= 11 is 5.95. The Hall–Kier alpha value is -1.26. The number of ether oxygens (including phenoxy) is 1. The van der Waals surface area contributed by atoms with Gasteiger partial charge in [0.05, 0.1) is 18.7 Å². The molecule has 1 heterocycles. The highest BCUT2D eigenvalue weighted by molar-refractivity contribution is 6.31. The quantitative estimate of drug-likeness (QED) is 0.905. The van der Waals surface area contributed by atoms with Crippen molar-refractivity contribution in [1.82, 2.24) is 10.2 Å². The first-order valence-corrected chi connectivity index (χ1v) is 6.40. The highest BCUT2D eigenvalue weighted by Gasteiger charge is 2.29. The standard InChI is InChI=1S/C13H17ClN2O2/c1-3-16(10-7-15-8-10)13(17)11-6-9(14)4-5-12(11)18-2/h4-6,10,15H,3,7-8H2,1-2H3. The predicted octanol–water partition coefficient (Wildman–Crippen LogP) is 1.78. The second-order valence-electron chi connectivity index (χ2n) is 4.25. The molecule has 0 unspecified atom stereocenters. The number of benzene rings is 1. The molecule has 1 amide bonds. The molecule has 0 aromatic heterocycles. The topological polar surface area (TPSA) is 41.6 Å². The third-order valence-corrected chi connectivity index (χ3v) is 3.43. The fourth-order valence-electron chi connectivity index (χ4n) is 2.06. The van der Waals surface area contributed by atoms with Crippen LogP contribution in [0.4, 0.5) is 0 Å². The lowest BCUT2D eigenvalue weighted by Crippen LogP contribution is -2.58. The number of hydrogen-bond acceptors (Lipinski definition) is 3. The van der Waals surface area contributed by atoms with Crippen molar-refractivity contribution in [2.45, 2.75) is 13.0 Å². The number of amides is 1. The number of rotatable bonds is 4. The number of methoxy groups -OCH3 is 1. The van der Waals surface area contributed by atoms with E-state index in [1.807, 2.05) is 11.8 Å². The number of nitrogens with zero attached hydrogens (tertiary/aromatic N) is 1. The smallest absolute Gasteiger partial charge is 0.258 e. The Morgan fingerprint density at radius 1 is 1.56 bits per heavy atom. The van der Waals surface area contributed by atoms with Crippen molar-refractivity contribution in [2.75, 3.05) is 26.7 Å². The molecular formula is C13H17ClN2O2. The van der Waals surface area contributed by atoms with Crippen LogP contribution in [0.15, 0.2) is 18.2 Å². The second kappa shape index (κ2) is 5.59. The van der Waals surface area contributed by atoms with Crippen LogP contribution >= 0.6 is 11.6 Å². The molecule has 1 aromatic rings. The predicted molar refractivity (Wildman–Crippen MR) is 71.4 cm³/mol. The lowest BCUT2D eigenvalue weighted by molar-refractivity contribution is 0.0627. The van der Waals surface area contributed by atoms with Crippen molar-refractivity contribution in [2.24, 2.45) is 0 Å².